The number of benzene rings is 1. The molecule has 0 radical (unpaired) electrons. The van der Waals surface area contributed by atoms with Gasteiger partial charge in [-0.2, -0.15) is 13.2 Å². The Morgan fingerprint density at radius 3 is 2.59 bits per heavy atom. The normalized spacial score (nSPS) is 16.9. The van der Waals surface area contributed by atoms with E-state index in [1.165, 1.54) is 18.3 Å². The van der Waals surface area contributed by atoms with Crippen molar-refractivity contribution in [1.29, 1.82) is 0 Å². The zero-order valence-corrected chi connectivity index (χ0v) is 14.5. The largest absolute Gasteiger partial charge is 0.472 e. The molecule has 0 saturated carbocycles. The lowest BCUT2D eigenvalue weighted by Crippen LogP contribution is -2.26. The van der Waals surface area contributed by atoms with Gasteiger partial charge in [-0.15, -0.1) is 0 Å². The van der Waals surface area contributed by atoms with E-state index >= 15 is 0 Å². The van der Waals surface area contributed by atoms with Gasteiger partial charge in [-0.1, -0.05) is 12.1 Å². The van der Waals surface area contributed by atoms with Crippen molar-refractivity contribution in [3.8, 4) is 5.88 Å². The van der Waals surface area contributed by atoms with E-state index < -0.39 is 11.7 Å². The minimum atomic E-state index is -4.35. The molecule has 1 amide bonds. The van der Waals surface area contributed by atoms with Gasteiger partial charge >= 0.3 is 6.18 Å². The Balaban J connectivity index is 1.46. The second-order valence-corrected chi connectivity index (χ2v) is 6.19. The van der Waals surface area contributed by atoms with Crippen LogP contribution in [0.4, 0.5) is 13.2 Å². The van der Waals surface area contributed by atoms with Gasteiger partial charge in [-0.05, 0) is 30.2 Å². The minimum absolute atomic E-state index is 0.0130. The molecule has 0 bridgehead atoms. The highest BCUT2D eigenvalue weighted by Crippen LogP contribution is 2.29. The standard InChI is InChI=1S/C19H19F3N2O3/c20-19(21,22)15-4-1-13(2-5-15)7-9-23-18(25)14-3-6-17(24-11-14)27-16-8-10-26-12-16/h1-6,11,16H,7-10,12H2,(H,23,25)/t16-/m0/s1. The lowest BCUT2D eigenvalue weighted by Gasteiger charge is -2.11. The lowest BCUT2D eigenvalue weighted by atomic mass is 10.1. The highest BCUT2D eigenvalue weighted by molar-refractivity contribution is 5.93. The molecule has 1 aromatic heterocycles. The predicted molar refractivity (Wildman–Crippen MR) is 91.6 cm³/mol. The van der Waals surface area contributed by atoms with Crippen LogP contribution in [0.5, 0.6) is 5.88 Å². The van der Waals surface area contributed by atoms with Crippen molar-refractivity contribution in [2.75, 3.05) is 19.8 Å². The van der Waals surface area contributed by atoms with Crippen molar-refractivity contribution >= 4 is 5.91 Å². The van der Waals surface area contributed by atoms with Crippen LogP contribution in [0.1, 0.15) is 27.9 Å². The number of carbonyl (C=O) groups is 1. The molecule has 1 N–H and O–H groups in total. The van der Waals surface area contributed by atoms with Crippen LogP contribution in [0, 0.1) is 0 Å². The molecule has 144 valence electrons. The van der Waals surface area contributed by atoms with E-state index in [-0.39, 0.29) is 12.0 Å². The number of halogens is 3. The molecule has 0 unspecified atom stereocenters. The molecule has 2 heterocycles. The van der Waals surface area contributed by atoms with E-state index in [4.69, 9.17) is 9.47 Å². The third-order valence-electron chi connectivity index (χ3n) is 4.15. The number of carbonyl (C=O) groups excluding carboxylic acids is 1. The number of amides is 1. The summed E-state index contributed by atoms with van der Waals surface area (Å²) in [7, 11) is 0. The quantitative estimate of drug-likeness (QED) is 0.836. The molecule has 2 aromatic rings. The minimum Gasteiger partial charge on any atom is -0.472 e. The fourth-order valence-electron chi connectivity index (χ4n) is 2.64. The fraction of sp³-hybridized carbons (Fsp3) is 0.368. The number of aromatic nitrogens is 1. The highest BCUT2D eigenvalue weighted by atomic mass is 19.4. The number of rotatable bonds is 6. The molecule has 5 nitrogen and oxygen atoms in total. The summed E-state index contributed by atoms with van der Waals surface area (Å²) in [6.07, 6.45) is -1.69. The summed E-state index contributed by atoms with van der Waals surface area (Å²) >= 11 is 0. The summed E-state index contributed by atoms with van der Waals surface area (Å²) in [5.41, 5.74) is 0.411. The van der Waals surface area contributed by atoms with E-state index in [9.17, 15) is 18.0 Å². The van der Waals surface area contributed by atoms with Crippen LogP contribution in [0.3, 0.4) is 0 Å². The van der Waals surface area contributed by atoms with Crippen LogP contribution in [0.15, 0.2) is 42.6 Å². The predicted octanol–water partition coefficient (Wildman–Crippen LogP) is 3.24. The van der Waals surface area contributed by atoms with Gasteiger partial charge in [0.25, 0.3) is 5.91 Å². The molecule has 8 heteroatoms. The first kappa shape index (κ1) is 19.2. The Labute approximate surface area is 154 Å². The van der Waals surface area contributed by atoms with Crippen LogP contribution in [-0.4, -0.2) is 36.8 Å². The van der Waals surface area contributed by atoms with Crippen molar-refractivity contribution in [2.24, 2.45) is 0 Å². The number of hydrogen-bond acceptors (Lipinski definition) is 4. The molecule has 3 rings (SSSR count). The number of nitrogens with zero attached hydrogens (tertiary/aromatic N) is 1. The molecule has 1 aromatic carbocycles. The third-order valence-corrected chi connectivity index (χ3v) is 4.15. The second-order valence-electron chi connectivity index (χ2n) is 6.19. The zero-order valence-electron chi connectivity index (χ0n) is 14.5. The van der Waals surface area contributed by atoms with Gasteiger partial charge in [0.1, 0.15) is 6.10 Å². The Morgan fingerprint density at radius 1 is 1.22 bits per heavy atom. The monoisotopic (exact) mass is 380 g/mol. The van der Waals surface area contributed by atoms with Crippen molar-refractivity contribution in [1.82, 2.24) is 10.3 Å². The summed E-state index contributed by atoms with van der Waals surface area (Å²) < 4.78 is 48.4. The van der Waals surface area contributed by atoms with E-state index in [0.717, 1.165) is 18.6 Å². The van der Waals surface area contributed by atoms with Gasteiger partial charge in [0.05, 0.1) is 24.3 Å². The Morgan fingerprint density at radius 2 is 2.00 bits per heavy atom. The van der Waals surface area contributed by atoms with Gasteiger partial charge in [0, 0.05) is 25.2 Å². The molecule has 27 heavy (non-hydrogen) atoms. The maximum absolute atomic E-state index is 12.5. The lowest BCUT2D eigenvalue weighted by molar-refractivity contribution is -0.137. The maximum Gasteiger partial charge on any atom is 0.416 e. The number of alkyl halides is 3. The van der Waals surface area contributed by atoms with Crippen molar-refractivity contribution < 1.29 is 27.4 Å². The summed E-state index contributed by atoms with van der Waals surface area (Å²) in [5, 5.41) is 2.72. The van der Waals surface area contributed by atoms with E-state index in [2.05, 4.69) is 10.3 Å². The number of nitrogens with one attached hydrogen (secondary N) is 1. The molecule has 1 aliphatic heterocycles. The first-order chi connectivity index (χ1) is 12.9. The van der Waals surface area contributed by atoms with Crippen LogP contribution in [-0.2, 0) is 17.3 Å². The summed E-state index contributed by atoms with van der Waals surface area (Å²) in [4.78, 5) is 16.2. The summed E-state index contributed by atoms with van der Waals surface area (Å²) in [6.45, 7) is 1.51. The van der Waals surface area contributed by atoms with Crippen LogP contribution >= 0.6 is 0 Å². The number of pyridine rings is 1. The maximum atomic E-state index is 12.5. The smallest absolute Gasteiger partial charge is 0.416 e. The first-order valence-electron chi connectivity index (χ1n) is 8.56. The zero-order chi connectivity index (χ0) is 19.3. The molecule has 1 saturated heterocycles. The summed E-state index contributed by atoms with van der Waals surface area (Å²) in [6, 6.07) is 8.14. The number of ether oxygens (including phenoxy) is 2. The van der Waals surface area contributed by atoms with Gasteiger partial charge in [-0.25, -0.2) is 4.98 Å². The summed E-state index contributed by atoms with van der Waals surface area (Å²) in [5.74, 6) is 0.136. The van der Waals surface area contributed by atoms with Crippen molar-refractivity contribution in [3.63, 3.8) is 0 Å². The second kappa shape index (κ2) is 8.39. The topological polar surface area (TPSA) is 60.5 Å². The van der Waals surface area contributed by atoms with Gasteiger partial charge < -0.3 is 14.8 Å². The van der Waals surface area contributed by atoms with Crippen LogP contribution in [0.2, 0.25) is 0 Å². The molecule has 0 aliphatic carbocycles. The van der Waals surface area contributed by atoms with Gasteiger partial charge in [0.2, 0.25) is 5.88 Å². The van der Waals surface area contributed by atoms with E-state index in [1.54, 1.807) is 12.1 Å². The SMILES string of the molecule is O=C(NCCc1ccc(C(F)(F)F)cc1)c1ccc(O[C@H]2CCOC2)nc1. The molecular formula is C19H19F3N2O3. The van der Waals surface area contributed by atoms with Crippen molar-refractivity contribution in [2.45, 2.75) is 25.1 Å². The van der Waals surface area contributed by atoms with E-state index in [1.807, 2.05) is 0 Å². The molecule has 1 aliphatic rings. The van der Waals surface area contributed by atoms with E-state index in [0.29, 0.717) is 43.2 Å². The Bertz CT molecular complexity index is 755. The van der Waals surface area contributed by atoms with Crippen molar-refractivity contribution in [3.05, 3.63) is 59.3 Å². The first-order valence-corrected chi connectivity index (χ1v) is 8.56. The van der Waals surface area contributed by atoms with Crippen LogP contribution < -0.4 is 10.1 Å². The molecule has 1 fully saturated rings. The highest BCUT2D eigenvalue weighted by Gasteiger charge is 2.29. The number of hydrogen-bond donors (Lipinski definition) is 1. The van der Waals surface area contributed by atoms with Gasteiger partial charge in [-0.3, -0.25) is 4.79 Å². The Kier molecular flexibility index (Phi) is 5.95. The van der Waals surface area contributed by atoms with Gasteiger partial charge in [0.15, 0.2) is 0 Å². The third kappa shape index (κ3) is 5.43. The fourth-order valence-corrected chi connectivity index (χ4v) is 2.64. The molecule has 1 atom stereocenters. The average molecular weight is 380 g/mol. The Hall–Kier alpha value is -2.61. The molecule has 0 spiro atoms. The average Bonchev–Trinajstić information content (AvgIpc) is 3.15. The van der Waals surface area contributed by atoms with Crippen LogP contribution in [0.25, 0.3) is 0 Å². The molecular weight excluding hydrogens is 361 g/mol.